The van der Waals surface area contributed by atoms with Crippen LogP contribution in [0.1, 0.15) is 70.4 Å². The maximum atomic E-state index is 13.9. The highest BCUT2D eigenvalue weighted by Gasteiger charge is 2.49. The Morgan fingerprint density at radius 2 is 1.46 bits per heavy atom. The van der Waals surface area contributed by atoms with Gasteiger partial charge in [-0.05, 0) is 47.4 Å². The normalized spacial score (nSPS) is 20.0. The lowest BCUT2D eigenvalue weighted by molar-refractivity contribution is -0.384. The van der Waals surface area contributed by atoms with Crippen molar-refractivity contribution >= 4 is 23.2 Å². The standard InChI is InChI=1S/C32H34N2O7/c1-31(2)13-22-29(24(35)15-31)28(30-23(33(22)17-27(37)38)14-32(3,4)16-25(30)36)21-7-5-6-8-26(21)41-18-19-9-11-20(12-10-19)34(39)40/h5-12,28H,13-18H2,1-4H3,(H,37,38). The van der Waals surface area contributed by atoms with Crippen LogP contribution in [0, 0.1) is 20.9 Å². The highest BCUT2D eigenvalue weighted by Crippen LogP contribution is 2.55. The third-order valence-electron chi connectivity index (χ3n) is 8.09. The number of carbonyl (C=O) groups is 3. The Kier molecular flexibility index (Phi) is 7.09. The molecule has 9 nitrogen and oxygen atoms in total. The van der Waals surface area contributed by atoms with Gasteiger partial charge in [0.05, 0.1) is 4.92 Å². The third-order valence-corrected chi connectivity index (χ3v) is 8.09. The molecule has 3 aliphatic rings. The predicted molar refractivity (Wildman–Crippen MR) is 151 cm³/mol. The summed E-state index contributed by atoms with van der Waals surface area (Å²) in [5.41, 5.74) is 2.95. The fourth-order valence-electron chi connectivity index (χ4n) is 6.41. The number of carboxylic acids is 1. The van der Waals surface area contributed by atoms with Crippen LogP contribution in [0.4, 0.5) is 5.69 Å². The fourth-order valence-corrected chi connectivity index (χ4v) is 6.41. The molecule has 0 unspecified atom stereocenters. The minimum Gasteiger partial charge on any atom is -0.489 e. The van der Waals surface area contributed by atoms with Crippen LogP contribution < -0.4 is 4.74 Å². The number of hydrogen-bond acceptors (Lipinski definition) is 7. The smallest absolute Gasteiger partial charge is 0.323 e. The number of aliphatic carboxylic acids is 1. The van der Waals surface area contributed by atoms with Gasteiger partial charge in [-0.1, -0.05) is 45.9 Å². The number of ether oxygens (including phenoxy) is 1. The van der Waals surface area contributed by atoms with Gasteiger partial charge in [-0.15, -0.1) is 0 Å². The van der Waals surface area contributed by atoms with Gasteiger partial charge < -0.3 is 14.7 Å². The quantitative estimate of drug-likeness (QED) is 0.327. The first kappa shape index (κ1) is 28.3. The lowest BCUT2D eigenvalue weighted by atomic mass is 9.63. The highest BCUT2D eigenvalue weighted by molar-refractivity contribution is 6.07. The molecule has 2 aromatic carbocycles. The number of para-hydroxylation sites is 1. The summed E-state index contributed by atoms with van der Waals surface area (Å²) in [6.45, 7) is 7.82. The summed E-state index contributed by atoms with van der Waals surface area (Å²) in [6, 6.07) is 13.4. The van der Waals surface area contributed by atoms with E-state index in [4.69, 9.17) is 4.74 Å². The van der Waals surface area contributed by atoms with Crippen molar-refractivity contribution in [2.45, 2.75) is 65.9 Å². The molecule has 0 radical (unpaired) electrons. The monoisotopic (exact) mass is 558 g/mol. The van der Waals surface area contributed by atoms with Crippen molar-refractivity contribution in [3.63, 3.8) is 0 Å². The first-order valence-electron chi connectivity index (χ1n) is 13.7. The van der Waals surface area contributed by atoms with E-state index in [1.807, 2.05) is 45.9 Å². The second-order valence-corrected chi connectivity index (χ2v) is 12.8. The van der Waals surface area contributed by atoms with Gasteiger partial charge in [0.15, 0.2) is 11.6 Å². The number of nitro benzene ring substituents is 1. The van der Waals surface area contributed by atoms with Crippen LogP contribution in [0.3, 0.4) is 0 Å². The van der Waals surface area contributed by atoms with E-state index in [1.54, 1.807) is 23.1 Å². The van der Waals surface area contributed by atoms with E-state index in [2.05, 4.69) is 0 Å². The molecule has 0 aromatic heterocycles. The van der Waals surface area contributed by atoms with Gasteiger partial charge in [-0.2, -0.15) is 0 Å². The van der Waals surface area contributed by atoms with E-state index in [-0.39, 0.29) is 54.1 Å². The fraction of sp³-hybridized carbons (Fsp3) is 0.406. The summed E-state index contributed by atoms with van der Waals surface area (Å²) in [6.07, 6.45) is 1.60. The molecule has 1 N–H and O–H groups in total. The Hall–Kier alpha value is -4.27. The molecule has 9 heteroatoms. The third kappa shape index (κ3) is 5.53. The zero-order valence-corrected chi connectivity index (χ0v) is 23.7. The maximum absolute atomic E-state index is 13.9. The van der Waals surface area contributed by atoms with Gasteiger partial charge in [0.2, 0.25) is 0 Å². The number of carboxylic acid groups (broad SMARTS) is 1. The zero-order chi connectivity index (χ0) is 29.7. The van der Waals surface area contributed by atoms with Crippen LogP contribution >= 0.6 is 0 Å². The molecule has 2 aliphatic carbocycles. The Morgan fingerprint density at radius 3 is 1.98 bits per heavy atom. The SMILES string of the molecule is CC1(C)CC(=O)C2=C(C1)N(CC(=O)O)C1=C(C(=O)CC(C)(C)C1)C2c1ccccc1OCc1ccc([N+](=O)[O-])cc1. The summed E-state index contributed by atoms with van der Waals surface area (Å²) in [4.78, 5) is 52.1. The molecule has 0 saturated carbocycles. The zero-order valence-electron chi connectivity index (χ0n) is 23.7. The summed E-state index contributed by atoms with van der Waals surface area (Å²) < 4.78 is 6.23. The van der Waals surface area contributed by atoms with Gasteiger partial charge in [0, 0.05) is 59.0 Å². The number of carbonyl (C=O) groups excluding carboxylic acids is 2. The molecule has 0 saturated heterocycles. The molecule has 0 bridgehead atoms. The van der Waals surface area contributed by atoms with E-state index in [1.165, 1.54) is 12.1 Å². The van der Waals surface area contributed by atoms with Gasteiger partial charge >= 0.3 is 5.97 Å². The van der Waals surface area contributed by atoms with E-state index in [0.717, 1.165) is 5.56 Å². The van der Waals surface area contributed by atoms with Crippen LogP contribution in [0.15, 0.2) is 71.1 Å². The number of Topliss-reactive ketones (excluding diaryl/α,β-unsaturated/α-hetero) is 2. The van der Waals surface area contributed by atoms with Crippen molar-refractivity contribution < 1.29 is 29.2 Å². The molecule has 2 aromatic rings. The number of allylic oxidation sites excluding steroid dienone is 4. The Bertz CT molecular complexity index is 1460. The van der Waals surface area contributed by atoms with Gasteiger partial charge in [0.25, 0.3) is 5.69 Å². The van der Waals surface area contributed by atoms with Gasteiger partial charge in [0.1, 0.15) is 18.9 Å². The van der Waals surface area contributed by atoms with Gasteiger partial charge in [-0.3, -0.25) is 24.5 Å². The van der Waals surface area contributed by atoms with Crippen LogP contribution in [0.2, 0.25) is 0 Å². The Morgan fingerprint density at radius 1 is 0.927 bits per heavy atom. The second kappa shape index (κ2) is 10.3. The lowest BCUT2D eigenvalue weighted by Crippen LogP contribution is -2.45. The largest absolute Gasteiger partial charge is 0.489 e. The van der Waals surface area contributed by atoms with Crippen molar-refractivity contribution in [1.29, 1.82) is 0 Å². The lowest BCUT2D eigenvalue weighted by Gasteiger charge is -2.48. The molecule has 1 aliphatic heterocycles. The summed E-state index contributed by atoms with van der Waals surface area (Å²) in [7, 11) is 0. The summed E-state index contributed by atoms with van der Waals surface area (Å²) in [5.74, 6) is -1.39. The maximum Gasteiger partial charge on any atom is 0.323 e. The van der Waals surface area contributed by atoms with Crippen molar-refractivity contribution in [3.8, 4) is 5.75 Å². The molecule has 0 spiro atoms. The average molecular weight is 559 g/mol. The topological polar surface area (TPSA) is 127 Å². The molecule has 5 rings (SSSR count). The van der Waals surface area contributed by atoms with Crippen LogP contribution in [0.25, 0.3) is 0 Å². The first-order valence-corrected chi connectivity index (χ1v) is 13.7. The number of hydrogen-bond donors (Lipinski definition) is 1. The van der Waals surface area contributed by atoms with Crippen LogP contribution in [-0.4, -0.2) is 39.0 Å². The van der Waals surface area contributed by atoms with E-state index < -0.39 is 16.8 Å². The van der Waals surface area contributed by atoms with Crippen molar-refractivity contribution in [2.75, 3.05) is 6.54 Å². The first-order chi connectivity index (χ1) is 19.3. The molecule has 1 heterocycles. The van der Waals surface area contributed by atoms with E-state index in [0.29, 0.717) is 46.7 Å². The van der Waals surface area contributed by atoms with Crippen LogP contribution in [-0.2, 0) is 21.0 Å². The van der Waals surface area contributed by atoms with Crippen molar-refractivity contribution in [3.05, 3.63) is 92.3 Å². The second-order valence-electron chi connectivity index (χ2n) is 12.8. The van der Waals surface area contributed by atoms with Crippen molar-refractivity contribution in [1.82, 2.24) is 4.90 Å². The predicted octanol–water partition coefficient (Wildman–Crippen LogP) is 5.94. The molecule has 214 valence electrons. The number of nitrogens with zero attached hydrogens (tertiary/aromatic N) is 2. The Balaban J connectivity index is 1.64. The minimum atomic E-state index is -1.03. The minimum absolute atomic E-state index is 0.0151. The van der Waals surface area contributed by atoms with E-state index in [9.17, 15) is 29.6 Å². The molecule has 0 fully saturated rings. The van der Waals surface area contributed by atoms with Gasteiger partial charge in [-0.25, -0.2) is 0 Å². The molecule has 0 atom stereocenters. The number of nitro groups is 1. The molecule has 0 amide bonds. The van der Waals surface area contributed by atoms with E-state index >= 15 is 0 Å². The van der Waals surface area contributed by atoms with Crippen molar-refractivity contribution in [2.24, 2.45) is 10.8 Å². The summed E-state index contributed by atoms with van der Waals surface area (Å²) in [5, 5.41) is 20.9. The highest BCUT2D eigenvalue weighted by atomic mass is 16.6. The number of ketones is 2. The average Bonchev–Trinajstić information content (AvgIpc) is 2.87. The number of benzene rings is 2. The molecular formula is C32H34N2O7. The number of non-ortho nitro benzene ring substituents is 1. The van der Waals surface area contributed by atoms with Crippen LogP contribution in [0.5, 0.6) is 5.75 Å². The molecule has 41 heavy (non-hydrogen) atoms. The number of rotatable bonds is 7. The molecular weight excluding hydrogens is 524 g/mol. The Labute approximate surface area is 238 Å². The summed E-state index contributed by atoms with van der Waals surface area (Å²) >= 11 is 0.